The minimum atomic E-state index is -1.12. The number of hydrogen-bond acceptors (Lipinski definition) is 5. The van der Waals surface area contributed by atoms with Gasteiger partial charge in [-0.15, -0.1) is 0 Å². The zero-order chi connectivity index (χ0) is 25.5. The zero-order valence-corrected chi connectivity index (χ0v) is 21.1. The number of fused-ring (bicyclic) bond motifs is 1. The van der Waals surface area contributed by atoms with Gasteiger partial charge in [-0.05, 0) is 63.3 Å². The summed E-state index contributed by atoms with van der Waals surface area (Å²) >= 11 is 0. The second kappa shape index (κ2) is 11.7. The zero-order valence-electron chi connectivity index (χ0n) is 21.1. The number of carbonyl (C=O) groups excluding carboxylic acids is 2. The third-order valence-corrected chi connectivity index (χ3v) is 6.81. The molecule has 4 rings (SSSR count). The monoisotopic (exact) mass is 498 g/mol. The molecule has 7 nitrogen and oxygen atoms in total. The predicted octanol–water partition coefficient (Wildman–Crippen LogP) is 3.84. The van der Waals surface area contributed by atoms with Crippen molar-refractivity contribution < 1.29 is 28.2 Å². The van der Waals surface area contributed by atoms with Crippen molar-refractivity contribution in [3.8, 4) is 11.5 Å². The van der Waals surface area contributed by atoms with Crippen LogP contribution in [0.1, 0.15) is 38.7 Å². The molecule has 1 saturated heterocycles. The fourth-order valence-corrected chi connectivity index (χ4v) is 4.86. The van der Waals surface area contributed by atoms with Crippen molar-refractivity contribution in [3.05, 3.63) is 59.9 Å². The highest BCUT2D eigenvalue weighted by atomic mass is 19.1. The van der Waals surface area contributed by atoms with E-state index in [1.165, 1.54) is 18.2 Å². The number of benzene rings is 2. The van der Waals surface area contributed by atoms with Gasteiger partial charge in [-0.25, -0.2) is 4.39 Å². The molecule has 8 heteroatoms. The summed E-state index contributed by atoms with van der Waals surface area (Å²) in [6.45, 7) is 5.33. The van der Waals surface area contributed by atoms with Gasteiger partial charge in [-0.2, -0.15) is 0 Å². The number of nitrogens with zero attached hydrogens (tertiary/aromatic N) is 2. The van der Waals surface area contributed by atoms with Crippen LogP contribution in [0.4, 0.5) is 4.39 Å². The van der Waals surface area contributed by atoms with E-state index in [1.807, 2.05) is 32.0 Å². The Bertz CT molecular complexity index is 1060. The SMILES string of the molecule is CC(C)N1CCOc2ccccc2CCCCC2(CN(C(=O)COc3cccc(F)c3)CCO2)C1=O. The Morgan fingerprint density at radius 3 is 2.75 bits per heavy atom. The van der Waals surface area contributed by atoms with Crippen LogP contribution >= 0.6 is 0 Å². The predicted molar refractivity (Wildman–Crippen MR) is 133 cm³/mol. The first-order chi connectivity index (χ1) is 17.4. The summed E-state index contributed by atoms with van der Waals surface area (Å²) in [7, 11) is 0. The molecule has 0 bridgehead atoms. The van der Waals surface area contributed by atoms with Crippen LogP contribution in [-0.2, 0) is 20.7 Å². The van der Waals surface area contributed by atoms with E-state index in [1.54, 1.807) is 15.9 Å². The van der Waals surface area contributed by atoms with E-state index in [-0.39, 0.29) is 37.6 Å². The maximum Gasteiger partial charge on any atom is 0.260 e. The molecule has 0 aliphatic carbocycles. The van der Waals surface area contributed by atoms with Crippen LogP contribution < -0.4 is 9.47 Å². The van der Waals surface area contributed by atoms with Crippen LogP contribution in [0.3, 0.4) is 0 Å². The first-order valence-electron chi connectivity index (χ1n) is 12.7. The summed E-state index contributed by atoms with van der Waals surface area (Å²) in [5, 5.41) is 0. The quantitative estimate of drug-likeness (QED) is 0.641. The molecule has 2 amide bonds. The smallest absolute Gasteiger partial charge is 0.260 e. The fourth-order valence-electron chi connectivity index (χ4n) is 4.86. The van der Waals surface area contributed by atoms with Gasteiger partial charge < -0.3 is 24.0 Å². The third kappa shape index (κ3) is 6.16. The average molecular weight is 499 g/mol. The van der Waals surface area contributed by atoms with Crippen molar-refractivity contribution in [1.29, 1.82) is 0 Å². The van der Waals surface area contributed by atoms with E-state index >= 15 is 0 Å². The molecule has 1 atom stereocenters. The lowest BCUT2D eigenvalue weighted by Crippen LogP contribution is -2.63. The van der Waals surface area contributed by atoms with Gasteiger partial charge in [-0.3, -0.25) is 9.59 Å². The van der Waals surface area contributed by atoms with Gasteiger partial charge in [0, 0.05) is 18.7 Å². The highest BCUT2D eigenvalue weighted by Gasteiger charge is 2.47. The number of para-hydroxylation sites is 1. The van der Waals surface area contributed by atoms with Crippen molar-refractivity contribution in [1.82, 2.24) is 9.80 Å². The van der Waals surface area contributed by atoms with Crippen molar-refractivity contribution in [2.75, 3.05) is 39.5 Å². The number of carbonyl (C=O) groups is 2. The van der Waals surface area contributed by atoms with Gasteiger partial charge in [0.2, 0.25) is 0 Å². The van der Waals surface area contributed by atoms with Crippen LogP contribution in [0.25, 0.3) is 0 Å². The normalized spacial score (nSPS) is 21.4. The lowest BCUT2D eigenvalue weighted by atomic mass is 9.90. The molecule has 0 saturated carbocycles. The van der Waals surface area contributed by atoms with E-state index in [0.29, 0.717) is 31.9 Å². The van der Waals surface area contributed by atoms with Crippen LogP contribution in [0.15, 0.2) is 48.5 Å². The lowest BCUT2D eigenvalue weighted by Gasteiger charge is -2.45. The minimum absolute atomic E-state index is 0.0536. The summed E-state index contributed by atoms with van der Waals surface area (Å²) < 4.78 is 31.3. The largest absolute Gasteiger partial charge is 0.491 e. The van der Waals surface area contributed by atoms with E-state index in [2.05, 4.69) is 6.07 Å². The summed E-state index contributed by atoms with van der Waals surface area (Å²) in [5.74, 6) is 0.366. The molecular formula is C28H35FN2O5. The van der Waals surface area contributed by atoms with Crippen molar-refractivity contribution in [3.63, 3.8) is 0 Å². The summed E-state index contributed by atoms with van der Waals surface area (Å²) in [6.07, 6.45) is 3.01. The fraction of sp³-hybridized carbons (Fsp3) is 0.500. The standard InChI is InChI=1S/C28H35FN2O5/c1-21(2)31-15-16-34-25-12-4-3-8-22(25)9-5-6-13-28(27(31)33)20-30(14-17-36-28)26(32)19-35-24-11-7-10-23(29)18-24/h3-4,7-8,10-12,18,21H,5-6,9,13-17,19-20H2,1-2H3. The van der Waals surface area contributed by atoms with Gasteiger partial charge in [0.05, 0.1) is 19.7 Å². The Balaban J connectivity index is 1.50. The highest BCUT2D eigenvalue weighted by molar-refractivity contribution is 5.87. The number of rotatable bonds is 4. The molecule has 2 heterocycles. The van der Waals surface area contributed by atoms with Gasteiger partial charge in [-0.1, -0.05) is 24.3 Å². The summed E-state index contributed by atoms with van der Waals surface area (Å²) in [5.41, 5.74) is 0.0425. The Labute approximate surface area is 212 Å². The number of halogens is 1. The van der Waals surface area contributed by atoms with Crippen LogP contribution in [-0.4, -0.2) is 72.7 Å². The molecule has 0 N–H and O–H groups in total. The molecule has 2 aliphatic heterocycles. The molecule has 2 aromatic carbocycles. The Hall–Kier alpha value is -3.13. The van der Waals surface area contributed by atoms with Crippen LogP contribution in [0.2, 0.25) is 0 Å². The average Bonchev–Trinajstić information content (AvgIpc) is 2.87. The first kappa shape index (κ1) is 25.9. The molecule has 2 aliphatic rings. The van der Waals surface area contributed by atoms with Crippen LogP contribution in [0.5, 0.6) is 11.5 Å². The van der Waals surface area contributed by atoms with Gasteiger partial charge in [0.25, 0.3) is 11.8 Å². The van der Waals surface area contributed by atoms with E-state index in [9.17, 15) is 14.0 Å². The van der Waals surface area contributed by atoms with Gasteiger partial charge >= 0.3 is 0 Å². The van der Waals surface area contributed by atoms with Crippen molar-refractivity contribution in [2.45, 2.75) is 51.2 Å². The number of ether oxygens (including phenoxy) is 3. The molecule has 1 spiro atoms. The molecule has 194 valence electrons. The van der Waals surface area contributed by atoms with Gasteiger partial charge in [0.1, 0.15) is 23.9 Å². The second-order valence-electron chi connectivity index (χ2n) is 9.66. The van der Waals surface area contributed by atoms with Gasteiger partial charge in [0.15, 0.2) is 12.2 Å². The second-order valence-corrected chi connectivity index (χ2v) is 9.66. The number of aryl methyl sites for hydroxylation is 1. The maximum absolute atomic E-state index is 13.9. The Kier molecular flexibility index (Phi) is 8.46. The van der Waals surface area contributed by atoms with Crippen molar-refractivity contribution in [2.24, 2.45) is 0 Å². The molecule has 0 radical (unpaired) electrons. The first-order valence-corrected chi connectivity index (χ1v) is 12.7. The maximum atomic E-state index is 13.9. The van der Waals surface area contributed by atoms with E-state index < -0.39 is 11.4 Å². The third-order valence-electron chi connectivity index (χ3n) is 6.81. The Morgan fingerprint density at radius 1 is 1.11 bits per heavy atom. The van der Waals surface area contributed by atoms with Crippen LogP contribution in [0, 0.1) is 5.82 Å². The summed E-state index contributed by atoms with van der Waals surface area (Å²) in [6, 6.07) is 13.7. The molecule has 1 fully saturated rings. The van der Waals surface area contributed by atoms with Crippen molar-refractivity contribution >= 4 is 11.8 Å². The molecular weight excluding hydrogens is 463 g/mol. The number of morpholine rings is 1. The Morgan fingerprint density at radius 2 is 1.94 bits per heavy atom. The highest BCUT2D eigenvalue weighted by Crippen LogP contribution is 2.30. The topological polar surface area (TPSA) is 68.3 Å². The minimum Gasteiger partial charge on any atom is -0.491 e. The molecule has 36 heavy (non-hydrogen) atoms. The number of hydrogen-bond donors (Lipinski definition) is 0. The van der Waals surface area contributed by atoms with E-state index in [0.717, 1.165) is 30.6 Å². The lowest BCUT2D eigenvalue weighted by molar-refractivity contribution is -0.178. The number of amides is 2. The molecule has 1 unspecified atom stereocenters. The summed E-state index contributed by atoms with van der Waals surface area (Å²) in [4.78, 5) is 30.4. The molecule has 0 aromatic heterocycles. The molecule has 2 aromatic rings. The van der Waals surface area contributed by atoms with E-state index in [4.69, 9.17) is 14.2 Å².